The molecule has 0 amide bonds. The fraction of sp³-hybridized carbons (Fsp3) is 0.556. The molecule has 0 aromatic rings. The lowest BCUT2D eigenvalue weighted by Gasteiger charge is -2.07. The third-order valence-corrected chi connectivity index (χ3v) is 2.80. The van der Waals surface area contributed by atoms with Gasteiger partial charge < -0.3 is 18.9 Å². The number of carbonyl (C=O) groups excluding carboxylic acids is 4. The van der Waals surface area contributed by atoms with E-state index in [0.717, 1.165) is 0 Å². The molecule has 0 aliphatic rings. The molecule has 0 saturated carbocycles. The SMILES string of the molecule is C=C(C)C(=O)OCCCOC(=O)CCC(=O)OCCCOC(=O)C(=C)C. The second-order valence-electron chi connectivity index (χ2n) is 5.48. The van der Waals surface area contributed by atoms with Gasteiger partial charge >= 0.3 is 23.9 Å². The van der Waals surface area contributed by atoms with Crippen LogP contribution in [-0.2, 0) is 38.1 Å². The Bertz CT molecular complexity index is 487. The highest BCUT2D eigenvalue weighted by Gasteiger charge is 2.10. The zero-order chi connectivity index (χ0) is 19.9. The summed E-state index contributed by atoms with van der Waals surface area (Å²) in [5.41, 5.74) is 0.601. The molecule has 0 fully saturated rings. The minimum absolute atomic E-state index is 0.0887. The molecule has 0 bridgehead atoms. The van der Waals surface area contributed by atoms with E-state index in [1.807, 2.05) is 0 Å². The summed E-state index contributed by atoms with van der Waals surface area (Å²) in [6.07, 6.45) is 0.514. The van der Waals surface area contributed by atoms with Crippen LogP contribution < -0.4 is 0 Å². The Morgan fingerprint density at radius 2 is 0.923 bits per heavy atom. The summed E-state index contributed by atoms with van der Waals surface area (Å²) < 4.78 is 19.5. The van der Waals surface area contributed by atoms with Crippen LogP contribution in [0.2, 0.25) is 0 Å². The third kappa shape index (κ3) is 12.7. The van der Waals surface area contributed by atoms with E-state index < -0.39 is 23.9 Å². The molecule has 8 heteroatoms. The zero-order valence-electron chi connectivity index (χ0n) is 15.3. The van der Waals surface area contributed by atoms with E-state index >= 15 is 0 Å². The van der Waals surface area contributed by atoms with Gasteiger partial charge in [0.15, 0.2) is 0 Å². The Hall–Kier alpha value is -2.64. The molecule has 0 atom stereocenters. The molecule has 0 radical (unpaired) electrons. The molecule has 26 heavy (non-hydrogen) atoms. The molecule has 0 N–H and O–H groups in total. The molecule has 0 rings (SSSR count). The van der Waals surface area contributed by atoms with Gasteiger partial charge in [0.05, 0.1) is 39.3 Å². The summed E-state index contributed by atoms with van der Waals surface area (Å²) in [7, 11) is 0. The average Bonchev–Trinajstić information content (AvgIpc) is 2.58. The Morgan fingerprint density at radius 1 is 0.615 bits per heavy atom. The number of hydrogen-bond acceptors (Lipinski definition) is 8. The Morgan fingerprint density at radius 3 is 1.23 bits per heavy atom. The van der Waals surface area contributed by atoms with Crippen molar-refractivity contribution in [1.82, 2.24) is 0 Å². The molecule has 0 aliphatic carbocycles. The zero-order valence-corrected chi connectivity index (χ0v) is 15.3. The van der Waals surface area contributed by atoms with Crippen LogP contribution in [0, 0.1) is 0 Å². The maximum atomic E-state index is 11.5. The normalized spacial score (nSPS) is 9.77. The lowest BCUT2D eigenvalue weighted by atomic mass is 10.3. The minimum atomic E-state index is -0.538. The van der Waals surface area contributed by atoms with E-state index in [1.165, 1.54) is 13.8 Å². The van der Waals surface area contributed by atoms with Crippen molar-refractivity contribution in [3.05, 3.63) is 24.3 Å². The lowest BCUT2D eigenvalue weighted by Crippen LogP contribution is -2.14. The predicted octanol–water partition coefficient (Wildman–Crippen LogP) is 1.87. The molecular weight excluding hydrogens is 344 g/mol. The van der Waals surface area contributed by atoms with Gasteiger partial charge in [0, 0.05) is 24.0 Å². The van der Waals surface area contributed by atoms with Gasteiger partial charge in [-0.15, -0.1) is 0 Å². The predicted molar refractivity (Wildman–Crippen MR) is 91.9 cm³/mol. The topological polar surface area (TPSA) is 105 Å². The molecule has 146 valence electrons. The smallest absolute Gasteiger partial charge is 0.333 e. The monoisotopic (exact) mass is 370 g/mol. The van der Waals surface area contributed by atoms with Crippen LogP contribution in [0.25, 0.3) is 0 Å². The Kier molecular flexibility index (Phi) is 12.2. The number of esters is 4. The fourth-order valence-electron chi connectivity index (χ4n) is 1.41. The maximum Gasteiger partial charge on any atom is 0.333 e. The van der Waals surface area contributed by atoms with Crippen LogP contribution in [0.4, 0.5) is 0 Å². The minimum Gasteiger partial charge on any atom is -0.466 e. The first-order valence-electron chi connectivity index (χ1n) is 8.20. The van der Waals surface area contributed by atoms with Crippen LogP contribution in [0.3, 0.4) is 0 Å². The molecular formula is C18H26O8. The standard InChI is InChI=1S/C18H26O8/c1-13(2)17(21)25-11-5-9-23-15(19)7-8-16(20)24-10-6-12-26-18(22)14(3)4/h1,3,5-12H2,2,4H3. The van der Waals surface area contributed by atoms with Gasteiger partial charge in [-0.05, 0) is 13.8 Å². The van der Waals surface area contributed by atoms with Crippen LogP contribution in [0.5, 0.6) is 0 Å². The fourth-order valence-corrected chi connectivity index (χ4v) is 1.41. The quantitative estimate of drug-likeness (QED) is 0.209. The molecule has 0 heterocycles. The highest BCUT2D eigenvalue weighted by molar-refractivity contribution is 5.87. The summed E-state index contributed by atoms with van der Waals surface area (Å²) in [4.78, 5) is 45.1. The van der Waals surface area contributed by atoms with E-state index in [4.69, 9.17) is 18.9 Å². The molecule has 0 saturated heterocycles. The summed E-state index contributed by atoms with van der Waals surface area (Å²) >= 11 is 0. The second-order valence-corrected chi connectivity index (χ2v) is 5.48. The second kappa shape index (κ2) is 13.6. The van der Waals surface area contributed by atoms with E-state index in [2.05, 4.69) is 13.2 Å². The van der Waals surface area contributed by atoms with E-state index in [0.29, 0.717) is 24.0 Å². The van der Waals surface area contributed by atoms with Gasteiger partial charge in [0.25, 0.3) is 0 Å². The van der Waals surface area contributed by atoms with Gasteiger partial charge in [-0.2, -0.15) is 0 Å². The maximum absolute atomic E-state index is 11.5. The van der Waals surface area contributed by atoms with Gasteiger partial charge in [0.1, 0.15) is 0 Å². The summed E-state index contributed by atoms with van der Waals surface area (Å²) in [5.74, 6) is -2.06. The molecule has 0 unspecified atom stereocenters. The van der Waals surface area contributed by atoms with E-state index in [-0.39, 0.29) is 39.3 Å². The van der Waals surface area contributed by atoms with Crippen LogP contribution in [0.1, 0.15) is 39.5 Å². The van der Waals surface area contributed by atoms with Crippen molar-refractivity contribution in [2.45, 2.75) is 39.5 Å². The van der Waals surface area contributed by atoms with Gasteiger partial charge in [-0.25, -0.2) is 9.59 Å². The van der Waals surface area contributed by atoms with Gasteiger partial charge in [0.2, 0.25) is 0 Å². The van der Waals surface area contributed by atoms with Crippen LogP contribution in [-0.4, -0.2) is 50.3 Å². The van der Waals surface area contributed by atoms with Crippen molar-refractivity contribution >= 4 is 23.9 Å². The highest BCUT2D eigenvalue weighted by Crippen LogP contribution is 2.00. The lowest BCUT2D eigenvalue weighted by molar-refractivity contribution is -0.151. The first kappa shape index (κ1) is 23.4. The van der Waals surface area contributed by atoms with Crippen molar-refractivity contribution in [2.75, 3.05) is 26.4 Å². The van der Waals surface area contributed by atoms with Crippen molar-refractivity contribution in [2.24, 2.45) is 0 Å². The number of hydrogen-bond donors (Lipinski definition) is 0. The van der Waals surface area contributed by atoms with Crippen molar-refractivity contribution in [3.8, 4) is 0 Å². The molecule has 0 aromatic heterocycles. The van der Waals surface area contributed by atoms with Crippen LogP contribution in [0.15, 0.2) is 24.3 Å². The molecule has 0 spiro atoms. The van der Waals surface area contributed by atoms with Crippen molar-refractivity contribution in [1.29, 1.82) is 0 Å². The summed E-state index contributed by atoms with van der Waals surface area (Å²) in [6, 6.07) is 0. The average molecular weight is 370 g/mol. The van der Waals surface area contributed by atoms with Crippen molar-refractivity contribution < 1.29 is 38.1 Å². The molecule has 8 nitrogen and oxygen atoms in total. The number of rotatable bonds is 13. The molecule has 0 aliphatic heterocycles. The first-order chi connectivity index (χ1) is 12.2. The van der Waals surface area contributed by atoms with E-state index in [9.17, 15) is 19.2 Å². The Balaban J connectivity index is 3.60. The van der Waals surface area contributed by atoms with E-state index in [1.54, 1.807) is 0 Å². The number of ether oxygens (including phenoxy) is 4. The highest BCUT2D eigenvalue weighted by atomic mass is 16.6. The largest absolute Gasteiger partial charge is 0.466 e. The first-order valence-corrected chi connectivity index (χ1v) is 8.20. The molecule has 0 aromatic carbocycles. The number of carbonyl (C=O) groups is 4. The summed E-state index contributed by atoms with van der Waals surface area (Å²) in [5, 5.41) is 0. The summed E-state index contributed by atoms with van der Waals surface area (Å²) in [6.45, 7) is 10.4. The third-order valence-electron chi connectivity index (χ3n) is 2.80. The Labute approximate surface area is 153 Å². The van der Waals surface area contributed by atoms with Gasteiger partial charge in [-0.3, -0.25) is 9.59 Å². The van der Waals surface area contributed by atoms with Gasteiger partial charge in [-0.1, -0.05) is 13.2 Å². The van der Waals surface area contributed by atoms with Crippen LogP contribution >= 0.6 is 0 Å². The van der Waals surface area contributed by atoms with Crippen molar-refractivity contribution in [3.63, 3.8) is 0 Å².